The normalized spacial score (nSPS) is 11.2. The number of allylic oxidation sites excluding steroid dienone is 1. The molecule has 2 aromatic carbocycles. The van der Waals surface area contributed by atoms with Gasteiger partial charge in [-0.05, 0) is 51.8 Å². The molecule has 136 valence electrons. The van der Waals surface area contributed by atoms with Gasteiger partial charge in [0.05, 0.1) is 11.6 Å². The lowest BCUT2D eigenvalue weighted by Crippen LogP contribution is -2.10. The topological polar surface area (TPSA) is 106 Å². The Bertz CT molecular complexity index is 1050. The van der Waals surface area contributed by atoms with Gasteiger partial charge in [-0.2, -0.15) is 5.26 Å². The van der Waals surface area contributed by atoms with Crippen LogP contribution in [-0.4, -0.2) is 29.8 Å². The number of aromatic nitrogens is 1. The van der Waals surface area contributed by atoms with Crippen molar-refractivity contribution in [3.63, 3.8) is 0 Å². The average Bonchev–Trinajstić information content (AvgIpc) is 3.08. The van der Waals surface area contributed by atoms with E-state index < -0.39 is 12.6 Å². The number of oxazole rings is 1. The number of aliphatic carboxylic acids is 1. The van der Waals surface area contributed by atoms with E-state index in [0.717, 1.165) is 0 Å². The highest BCUT2D eigenvalue weighted by molar-refractivity contribution is 9.10. The van der Waals surface area contributed by atoms with Crippen LogP contribution in [0.2, 0.25) is 0 Å². The summed E-state index contributed by atoms with van der Waals surface area (Å²) in [4.78, 5) is 15.0. The SMILES string of the molecule is COc1cc(/C=C(\C#N)c2nc3ccccc3o2)cc(Br)c1OCC(=O)O. The van der Waals surface area contributed by atoms with Gasteiger partial charge in [0, 0.05) is 0 Å². The molecule has 0 fully saturated rings. The van der Waals surface area contributed by atoms with E-state index in [0.29, 0.717) is 26.9 Å². The van der Waals surface area contributed by atoms with Gasteiger partial charge in [-0.25, -0.2) is 9.78 Å². The molecule has 1 aromatic heterocycles. The third-order valence-corrected chi connectivity index (χ3v) is 4.14. The maximum absolute atomic E-state index is 10.7. The number of methoxy groups -OCH3 is 1. The van der Waals surface area contributed by atoms with Crippen molar-refractivity contribution in [3.05, 3.63) is 52.3 Å². The van der Waals surface area contributed by atoms with Crippen LogP contribution in [0, 0.1) is 11.3 Å². The minimum atomic E-state index is -1.10. The highest BCUT2D eigenvalue weighted by Crippen LogP contribution is 2.37. The van der Waals surface area contributed by atoms with Crippen LogP contribution in [0.25, 0.3) is 22.7 Å². The summed E-state index contributed by atoms with van der Waals surface area (Å²) in [6.45, 7) is -0.503. The molecule has 0 saturated carbocycles. The predicted molar refractivity (Wildman–Crippen MR) is 101 cm³/mol. The maximum Gasteiger partial charge on any atom is 0.341 e. The molecule has 0 atom stereocenters. The molecule has 0 bridgehead atoms. The molecule has 27 heavy (non-hydrogen) atoms. The molecule has 0 unspecified atom stereocenters. The highest BCUT2D eigenvalue weighted by Gasteiger charge is 2.15. The van der Waals surface area contributed by atoms with E-state index in [2.05, 4.69) is 27.0 Å². The second kappa shape index (κ2) is 7.93. The molecule has 1 heterocycles. The van der Waals surface area contributed by atoms with Crippen LogP contribution in [0.4, 0.5) is 0 Å². The number of halogens is 1. The number of benzene rings is 2. The molecule has 0 spiro atoms. The fraction of sp³-hybridized carbons (Fsp3) is 0.105. The van der Waals surface area contributed by atoms with Crippen molar-refractivity contribution in [1.82, 2.24) is 4.98 Å². The number of nitrogens with zero attached hydrogens (tertiary/aromatic N) is 2. The second-order valence-corrected chi connectivity index (χ2v) is 6.23. The number of hydrogen-bond acceptors (Lipinski definition) is 6. The molecular formula is C19H13BrN2O5. The van der Waals surface area contributed by atoms with Crippen molar-refractivity contribution in [1.29, 1.82) is 5.26 Å². The summed E-state index contributed by atoms with van der Waals surface area (Å²) >= 11 is 3.34. The van der Waals surface area contributed by atoms with Crippen molar-refractivity contribution in [2.75, 3.05) is 13.7 Å². The first-order chi connectivity index (χ1) is 13.0. The predicted octanol–water partition coefficient (Wildman–Crippen LogP) is 4.13. The highest BCUT2D eigenvalue weighted by atomic mass is 79.9. The Kier molecular flexibility index (Phi) is 5.43. The van der Waals surface area contributed by atoms with E-state index in [-0.39, 0.29) is 17.2 Å². The van der Waals surface area contributed by atoms with E-state index in [9.17, 15) is 10.1 Å². The van der Waals surface area contributed by atoms with Crippen molar-refractivity contribution in [2.45, 2.75) is 0 Å². The Morgan fingerprint density at radius 3 is 2.85 bits per heavy atom. The summed E-state index contributed by atoms with van der Waals surface area (Å²) in [5, 5.41) is 18.3. The third kappa shape index (κ3) is 4.10. The zero-order valence-electron chi connectivity index (χ0n) is 14.1. The first-order valence-electron chi connectivity index (χ1n) is 7.71. The van der Waals surface area contributed by atoms with Crippen LogP contribution in [0.5, 0.6) is 11.5 Å². The van der Waals surface area contributed by atoms with E-state index in [1.165, 1.54) is 7.11 Å². The van der Waals surface area contributed by atoms with Gasteiger partial charge in [0.25, 0.3) is 0 Å². The Morgan fingerprint density at radius 1 is 1.41 bits per heavy atom. The lowest BCUT2D eigenvalue weighted by molar-refractivity contribution is -0.139. The number of rotatable bonds is 6. The van der Waals surface area contributed by atoms with Gasteiger partial charge in [0.15, 0.2) is 23.7 Å². The molecule has 0 saturated heterocycles. The zero-order chi connectivity index (χ0) is 19.4. The molecule has 8 heteroatoms. The van der Waals surface area contributed by atoms with E-state index >= 15 is 0 Å². The van der Waals surface area contributed by atoms with Crippen LogP contribution in [0.1, 0.15) is 11.5 Å². The lowest BCUT2D eigenvalue weighted by atomic mass is 10.1. The fourth-order valence-electron chi connectivity index (χ4n) is 2.39. The molecular weight excluding hydrogens is 416 g/mol. The van der Waals surface area contributed by atoms with Gasteiger partial charge in [-0.1, -0.05) is 12.1 Å². The summed E-state index contributed by atoms with van der Waals surface area (Å²) in [5.74, 6) is -0.306. The van der Waals surface area contributed by atoms with E-state index in [4.69, 9.17) is 19.0 Å². The summed E-state index contributed by atoms with van der Waals surface area (Å²) < 4.78 is 16.6. The van der Waals surface area contributed by atoms with Gasteiger partial charge in [0.1, 0.15) is 17.2 Å². The summed E-state index contributed by atoms with van der Waals surface area (Å²) in [6.07, 6.45) is 1.60. The van der Waals surface area contributed by atoms with Crippen LogP contribution >= 0.6 is 15.9 Å². The van der Waals surface area contributed by atoms with Crippen molar-refractivity contribution in [2.24, 2.45) is 0 Å². The molecule has 0 aliphatic rings. The zero-order valence-corrected chi connectivity index (χ0v) is 15.7. The first kappa shape index (κ1) is 18.5. The molecule has 1 N–H and O–H groups in total. The number of para-hydroxylation sites is 2. The minimum Gasteiger partial charge on any atom is -0.493 e. The van der Waals surface area contributed by atoms with Gasteiger partial charge in [-0.15, -0.1) is 0 Å². The standard InChI is InChI=1S/C19H13BrN2O5/c1-25-16-8-11(7-13(20)18(16)26-10-17(23)24)6-12(9-21)19-22-14-4-2-3-5-15(14)27-19/h2-8H,10H2,1H3,(H,23,24)/b12-6+. The molecule has 3 aromatic rings. The number of ether oxygens (including phenoxy) is 2. The van der Waals surface area contributed by atoms with E-state index in [1.807, 2.05) is 12.1 Å². The van der Waals surface area contributed by atoms with Gasteiger partial charge < -0.3 is 19.0 Å². The smallest absolute Gasteiger partial charge is 0.341 e. The van der Waals surface area contributed by atoms with Crippen LogP contribution < -0.4 is 9.47 Å². The average molecular weight is 429 g/mol. The second-order valence-electron chi connectivity index (χ2n) is 5.37. The van der Waals surface area contributed by atoms with Crippen molar-refractivity contribution >= 4 is 44.6 Å². The van der Waals surface area contributed by atoms with Gasteiger partial charge >= 0.3 is 5.97 Å². The first-order valence-corrected chi connectivity index (χ1v) is 8.51. The Balaban J connectivity index is 2.00. The molecule has 0 radical (unpaired) electrons. The van der Waals surface area contributed by atoms with Gasteiger partial charge in [0.2, 0.25) is 5.89 Å². The monoisotopic (exact) mass is 428 g/mol. The largest absolute Gasteiger partial charge is 0.493 e. The molecule has 0 aliphatic carbocycles. The van der Waals surface area contributed by atoms with Crippen molar-refractivity contribution in [3.8, 4) is 17.6 Å². The maximum atomic E-state index is 10.7. The number of carbonyl (C=O) groups is 1. The molecule has 0 amide bonds. The summed E-state index contributed by atoms with van der Waals surface area (Å²) in [7, 11) is 1.44. The number of carboxylic acids is 1. The third-order valence-electron chi connectivity index (χ3n) is 3.55. The number of hydrogen-bond donors (Lipinski definition) is 1. The Hall–Kier alpha value is -3.31. The molecule has 7 nitrogen and oxygen atoms in total. The van der Waals surface area contributed by atoms with E-state index in [1.54, 1.807) is 30.3 Å². The Labute approximate surface area is 162 Å². The molecule has 3 rings (SSSR count). The summed E-state index contributed by atoms with van der Waals surface area (Å²) in [6, 6.07) is 12.6. The number of nitriles is 1. The van der Waals surface area contributed by atoms with Crippen LogP contribution in [-0.2, 0) is 4.79 Å². The number of carboxylic acid groups (broad SMARTS) is 1. The molecule has 0 aliphatic heterocycles. The van der Waals surface area contributed by atoms with Crippen LogP contribution in [0.3, 0.4) is 0 Å². The minimum absolute atomic E-state index is 0.208. The fourth-order valence-corrected chi connectivity index (χ4v) is 2.97. The number of fused-ring (bicyclic) bond motifs is 1. The quantitative estimate of drug-likeness (QED) is 0.588. The van der Waals surface area contributed by atoms with Crippen molar-refractivity contribution < 1.29 is 23.8 Å². The van der Waals surface area contributed by atoms with Crippen LogP contribution in [0.15, 0.2) is 45.3 Å². The summed E-state index contributed by atoms with van der Waals surface area (Å²) in [5.41, 5.74) is 2.11. The Morgan fingerprint density at radius 2 is 2.19 bits per heavy atom. The van der Waals surface area contributed by atoms with Gasteiger partial charge in [-0.3, -0.25) is 0 Å². The lowest BCUT2D eigenvalue weighted by Gasteiger charge is -2.12.